The summed E-state index contributed by atoms with van der Waals surface area (Å²) in [6, 6.07) is 0. The number of hydrogen-bond acceptors (Lipinski definition) is 3. The van der Waals surface area contributed by atoms with Crippen molar-refractivity contribution in [3.8, 4) is 0 Å². The minimum absolute atomic E-state index is 0.732. The first kappa shape index (κ1) is 15.0. The van der Waals surface area contributed by atoms with Crippen LogP contribution in [0, 0.1) is 24.7 Å². The predicted molar refractivity (Wildman–Crippen MR) is 86.4 cm³/mol. The monoisotopic (exact) mass is 287 g/mol. The second-order valence-electron chi connectivity index (χ2n) is 7.46. The summed E-state index contributed by atoms with van der Waals surface area (Å²) in [5, 5.41) is 3.61. The second kappa shape index (κ2) is 6.43. The number of fused-ring (bicyclic) bond motifs is 1. The third-order valence-electron chi connectivity index (χ3n) is 4.78. The highest BCUT2D eigenvalue weighted by Gasteiger charge is 2.26. The van der Waals surface area contributed by atoms with Gasteiger partial charge < -0.3 is 5.32 Å². The van der Waals surface area contributed by atoms with Crippen molar-refractivity contribution in [1.29, 1.82) is 0 Å². The molecule has 3 nitrogen and oxygen atoms in total. The van der Waals surface area contributed by atoms with Gasteiger partial charge in [-0.3, -0.25) is 0 Å². The third kappa shape index (κ3) is 4.03. The zero-order valence-corrected chi connectivity index (χ0v) is 13.8. The van der Waals surface area contributed by atoms with Gasteiger partial charge in [-0.15, -0.1) is 0 Å². The molecule has 0 aliphatic heterocycles. The summed E-state index contributed by atoms with van der Waals surface area (Å²) in [5.74, 6) is 3.47. The minimum Gasteiger partial charge on any atom is -0.316 e. The summed E-state index contributed by atoms with van der Waals surface area (Å²) in [6.45, 7) is 8.98. The van der Waals surface area contributed by atoms with Crippen molar-refractivity contribution < 1.29 is 0 Å². The Morgan fingerprint density at radius 1 is 1.14 bits per heavy atom. The molecule has 1 N–H and O–H groups in total. The molecule has 2 aliphatic rings. The van der Waals surface area contributed by atoms with E-state index in [4.69, 9.17) is 9.97 Å². The maximum absolute atomic E-state index is 4.87. The highest BCUT2D eigenvalue weighted by atomic mass is 14.9. The zero-order valence-electron chi connectivity index (χ0n) is 13.8. The highest BCUT2D eigenvalue weighted by Crippen LogP contribution is 2.33. The van der Waals surface area contributed by atoms with Gasteiger partial charge in [0.25, 0.3) is 0 Å². The van der Waals surface area contributed by atoms with Crippen LogP contribution in [-0.4, -0.2) is 23.1 Å². The standard InChI is InChI=1S/C18H29N3/c1-12(2)10-19-11-15-6-7-17-16(8-15)13(3)20-18(21-17)9-14-4-5-14/h12,14-15,19H,4-11H2,1-3H3. The van der Waals surface area contributed by atoms with Crippen LogP contribution in [0.5, 0.6) is 0 Å². The van der Waals surface area contributed by atoms with E-state index < -0.39 is 0 Å². The van der Waals surface area contributed by atoms with E-state index >= 15 is 0 Å². The molecule has 3 rings (SSSR count). The number of aromatic nitrogens is 2. The Kier molecular flexibility index (Phi) is 4.58. The Morgan fingerprint density at radius 2 is 1.95 bits per heavy atom. The first-order chi connectivity index (χ1) is 10.1. The fourth-order valence-corrected chi connectivity index (χ4v) is 3.34. The molecule has 0 aromatic carbocycles. The van der Waals surface area contributed by atoms with Crippen LogP contribution >= 0.6 is 0 Å². The lowest BCUT2D eigenvalue weighted by atomic mass is 9.85. The van der Waals surface area contributed by atoms with Crippen molar-refractivity contribution in [3.63, 3.8) is 0 Å². The zero-order chi connectivity index (χ0) is 14.8. The van der Waals surface area contributed by atoms with E-state index in [0.29, 0.717) is 0 Å². The molecule has 2 aliphatic carbocycles. The summed E-state index contributed by atoms with van der Waals surface area (Å²) < 4.78 is 0. The lowest BCUT2D eigenvalue weighted by Gasteiger charge is -2.26. The molecule has 0 saturated heterocycles. The van der Waals surface area contributed by atoms with Crippen LogP contribution in [0.3, 0.4) is 0 Å². The second-order valence-corrected chi connectivity index (χ2v) is 7.46. The van der Waals surface area contributed by atoms with Crippen LogP contribution in [0.1, 0.15) is 55.9 Å². The Balaban J connectivity index is 1.62. The third-order valence-corrected chi connectivity index (χ3v) is 4.78. The van der Waals surface area contributed by atoms with Crippen LogP contribution in [0.2, 0.25) is 0 Å². The smallest absolute Gasteiger partial charge is 0.129 e. The number of rotatable bonds is 6. The molecule has 1 heterocycles. The van der Waals surface area contributed by atoms with E-state index in [2.05, 4.69) is 26.1 Å². The van der Waals surface area contributed by atoms with Crippen LogP contribution in [0.4, 0.5) is 0 Å². The van der Waals surface area contributed by atoms with Gasteiger partial charge in [0.05, 0.1) is 0 Å². The number of hydrogen-bond donors (Lipinski definition) is 1. The average Bonchev–Trinajstić information content (AvgIpc) is 3.23. The van der Waals surface area contributed by atoms with Crippen LogP contribution in [0.15, 0.2) is 0 Å². The maximum atomic E-state index is 4.87. The van der Waals surface area contributed by atoms with E-state index in [1.54, 1.807) is 0 Å². The Hall–Kier alpha value is -0.960. The summed E-state index contributed by atoms with van der Waals surface area (Å²) >= 11 is 0. The van der Waals surface area contributed by atoms with Gasteiger partial charge in [-0.25, -0.2) is 9.97 Å². The van der Waals surface area contributed by atoms with Gasteiger partial charge >= 0.3 is 0 Å². The Labute approximate surface area is 129 Å². The summed E-state index contributed by atoms with van der Waals surface area (Å²) in [7, 11) is 0. The largest absolute Gasteiger partial charge is 0.316 e. The molecular weight excluding hydrogens is 258 g/mol. The van der Waals surface area contributed by atoms with E-state index in [1.807, 2.05) is 0 Å². The molecule has 1 unspecified atom stereocenters. The number of aryl methyl sites for hydroxylation is 2. The van der Waals surface area contributed by atoms with Crippen LogP contribution < -0.4 is 5.32 Å². The van der Waals surface area contributed by atoms with Gasteiger partial charge in [0.15, 0.2) is 0 Å². The van der Waals surface area contributed by atoms with Crippen molar-refractivity contribution >= 4 is 0 Å². The lowest BCUT2D eigenvalue weighted by Crippen LogP contribution is -2.30. The molecule has 3 heteroatoms. The van der Waals surface area contributed by atoms with Crippen LogP contribution in [0.25, 0.3) is 0 Å². The Bertz CT molecular complexity index is 491. The maximum Gasteiger partial charge on any atom is 0.129 e. The summed E-state index contributed by atoms with van der Waals surface area (Å²) in [6.07, 6.45) is 7.44. The highest BCUT2D eigenvalue weighted by molar-refractivity contribution is 5.28. The van der Waals surface area contributed by atoms with E-state index in [-0.39, 0.29) is 0 Å². The molecule has 1 aromatic heterocycles. The minimum atomic E-state index is 0.732. The van der Waals surface area contributed by atoms with Crippen molar-refractivity contribution in [3.05, 3.63) is 22.8 Å². The number of nitrogens with zero attached hydrogens (tertiary/aromatic N) is 2. The topological polar surface area (TPSA) is 37.8 Å². The quantitative estimate of drug-likeness (QED) is 0.873. The lowest BCUT2D eigenvalue weighted by molar-refractivity contribution is 0.403. The molecule has 1 aromatic rings. The average molecular weight is 287 g/mol. The van der Waals surface area contributed by atoms with Gasteiger partial charge in [-0.1, -0.05) is 13.8 Å². The molecule has 21 heavy (non-hydrogen) atoms. The van der Waals surface area contributed by atoms with Gasteiger partial charge in [0.2, 0.25) is 0 Å². The summed E-state index contributed by atoms with van der Waals surface area (Å²) in [5.41, 5.74) is 4.03. The Morgan fingerprint density at radius 3 is 2.67 bits per heavy atom. The van der Waals surface area contributed by atoms with Crippen molar-refractivity contribution in [2.75, 3.05) is 13.1 Å². The fourth-order valence-electron chi connectivity index (χ4n) is 3.34. The van der Waals surface area contributed by atoms with Crippen molar-refractivity contribution in [1.82, 2.24) is 15.3 Å². The van der Waals surface area contributed by atoms with E-state index in [0.717, 1.165) is 55.9 Å². The molecule has 0 radical (unpaired) electrons. The van der Waals surface area contributed by atoms with Crippen LogP contribution in [-0.2, 0) is 19.3 Å². The van der Waals surface area contributed by atoms with Gasteiger partial charge in [0.1, 0.15) is 5.82 Å². The molecule has 1 atom stereocenters. The fraction of sp³-hybridized carbons (Fsp3) is 0.778. The van der Waals surface area contributed by atoms with E-state index in [9.17, 15) is 0 Å². The van der Waals surface area contributed by atoms with Crippen molar-refractivity contribution in [2.24, 2.45) is 17.8 Å². The normalized spacial score (nSPS) is 21.6. The van der Waals surface area contributed by atoms with E-state index in [1.165, 1.54) is 36.2 Å². The van der Waals surface area contributed by atoms with Gasteiger partial charge in [-0.05, 0) is 75.4 Å². The molecule has 1 saturated carbocycles. The molecule has 116 valence electrons. The first-order valence-corrected chi connectivity index (χ1v) is 8.67. The molecule has 0 bridgehead atoms. The molecule has 1 fully saturated rings. The first-order valence-electron chi connectivity index (χ1n) is 8.67. The van der Waals surface area contributed by atoms with Gasteiger partial charge in [-0.2, -0.15) is 0 Å². The summed E-state index contributed by atoms with van der Waals surface area (Å²) in [4.78, 5) is 9.64. The molecular formula is C18H29N3. The molecule has 0 amide bonds. The van der Waals surface area contributed by atoms with Gasteiger partial charge in [0, 0.05) is 17.8 Å². The van der Waals surface area contributed by atoms with Crippen molar-refractivity contribution in [2.45, 2.75) is 59.3 Å². The predicted octanol–water partition coefficient (Wildman–Crippen LogP) is 3.09. The molecule has 0 spiro atoms. The number of nitrogens with one attached hydrogen (secondary N) is 1. The SMILES string of the molecule is Cc1nc(CC2CC2)nc2c1CC(CNCC(C)C)CC2.